The summed E-state index contributed by atoms with van der Waals surface area (Å²) in [5.41, 5.74) is 0.405. The van der Waals surface area contributed by atoms with Crippen LogP contribution in [-0.4, -0.2) is 22.9 Å². The van der Waals surface area contributed by atoms with Gasteiger partial charge >= 0.3 is 0 Å². The summed E-state index contributed by atoms with van der Waals surface area (Å²) in [6, 6.07) is 1.48. The zero-order valence-electron chi connectivity index (χ0n) is 6.17. The Morgan fingerprint density at radius 2 is 2.45 bits per heavy atom. The van der Waals surface area contributed by atoms with E-state index in [-0.39, 0.29) is 17.1 Å². The zero-order valence-corrected chi connectivity index (χ0v) is 7.35. The van der Waals surface area contributed by atoms with Crippen molar-refractivity contribution >= 4 is 5.97 Å². The summed E-state index contributed by atoms with van der Waals surface area (Å²) in [7, 11) is 2.98. The molecule has 0 atom stereocenters. The maximum atomic E-state index is 10.8. The van der Waals surface area contributed by atoms with E-state index in [0.29, 0.717) is 5.69 Å². The molecule has 5 heteroatoms. The van der Waals surface area contributed by atoms with Gasteiger partial charge in [-0.15, -0.1) is 6.20 Å². The molecule has 0 aromatic carbocycles. The summed E-state index contributed by atoms with van der Waals surface area (Å²) < 4.78 is 5.86. The van der Waals surface area contributed by atoms with Crippen molar-refractivity contribution in [3.8, 4) is 0 Å². The molecule has 1 aromatic heterocycles. The fraction of sp³-hybridized carbons (Fsp3) is 0.333. The monoisotopic (exact) mass is 194 g/mol. The van der Waals surface area contributed by atoms with E-state index in [9.17, 15) is 4.79 Å². The van der Waals surface area contributed by atoms with Crippen LogP contribution in [0.1, 0.15) is 10.5 Å². The van der Waals surface area contributed by atoms with Gasteiger partial charge in [-0.05, 0) is 5.69 Å². The quantitative estimate of drug-likeness (QED) is 0.359. The molecule has 0 N–H and O–H groups in total. The third-order valence-electron chi connectivity index (χ3n) is 1.15. The van der Waals surface area contributed by atoms with Gasteiger partial charge in [0.05, 0.1) is 7.11 Å². The second kappa shape index (κ2) is 4.16. The Bertz CT molecular complexity index is 246. The Morgan fingerprint density at radius 3 is 2.82 bits per heavy atom. The van der Waals surface area contributed by atoms with Gasteiger partial charge < -0.3 is 14.5 Å². The normalized spacial score (nSPS) is 8.55. The van der Waals surface area contributed by atoms with Gasteiger partial charge in [-0.25, -0.2) is 0 Å². The van der Waals surface area contributed by atoms with Crippen molar-refractivity contribution in [2.75, 3.05) is 7.11 Å². The van der Waals surface area contributed by atoms with E-state index in [2.05, 4.69) is 16.0 Å². The number of ether oxygens (including phenoxy) is 1. The average molecular weight is 194 g/mol. The van der Waals surface area contributed by atoms with Gasteiger partial charge in [0, 0.05) is 24.1 Å². The van der Waals surface area contributed by atoms with Gasteiger partial charge in [0.2, 0.25) is 0 Å². The van der Waals surface area contributed by atoms with Crippen LogP contribution in [0.25, 0.3) is 0 Å². The summed E-state index contributed by atoms with van der Waals surface area (Å²) in [5.74, 6) is -0.392. The Hall–Kier alpha value is -0.801. The third kappa shape index (κ3) is 2.06. The van der Waals surface area contributed by atoms with E-state index >= 15 is 0 Å². The van der Waals surface area contributed by atoms with E-state index in [4.69, 9.17) is 0 Å². The molecule has 0 saturated heterocycles. The molecule has 0 spiro atoms. The number of aryl methyl sites for hydroxylation is 1. The van der Waals surface area contributed by atoms with E-state index in [1.165, 1.54) is 17.9 Å². The number of aromatic nitrogens is 2. The van der Waals surface area contributed by atoms with Gasteiger partial charge in [0.15, 0.2) is 0 Å². The molecule has 0 aliphatic heterocycles. The first-order chi connectivity index (χ1) is 4.75. The summed E-state index contributed by atoms with van der Waals surface area (Å²) in [4.78, 5) is 10.8. The molecule has 1 radical (unpaired) electrons. The van der Waals surface area contributed by atoms with Crippen LogP contribution in [0, 0.1) is 6.20 Å². The van der Waals surface area contributed by atoms with Gasteiger partial charge in [-0.1, -0.05) is 0 Å². The number of esters is 1. The minimum Gasteiger partial charge on any atom is -0.478 e. The van der Waals surface area contributed by atoms with Crippen LogP contribution in [-0.2, 0) is 28.9 Å². The number of hydrogen-bond donors (Lipinski definition) is 0. The number of carbonyl (C=O) groups excluding carboxylic acids is 1. The number of nitrogens with zero attached hydrogens (tertiary/aromatic N) is 2. The molecule has 11 heavy (non-hydrogen) atoms. The Balaban J connectivity index is 0.000001000. The van der Waals surface area contributed by atoms with Crippen LogP contribution < -0.4 is 0 Å². The number of rotatable bonds is 1. The summed E-state index contributed by atoms with van der Waals surface area (Å²) in [6.45, 7) is 0. The van der Waals surface area contributed by atoms with Crippen molar-refractivity contribution in [2.24, 2.45) is 7.05 Å². The zero-order chi connectivity index (χ0) is 7.56. The predicted molar refractivity (Wildman–Crippen MR) is 33.4 cm³/mol. The summed E-state index contributed by atoms with van der Waals surface area (Å²) in [6.07, 6.45) is 2.53. The summed E-state index contributed by atoms with van der Waals surface area (Å²) >= 11 is 0. The SMILES string of the molecule is COC(=O)c1c[c-]nn1C.[Mn]. The molecular formula is C6H7MnN2O2-. The number of carbonyl (C=O) groups is 1. The first-order valence-corrected chi connectivity index (χ1v) is 2.74. The molecule has 4 nitrogen and oxygen atoms in total. The van der Waals surface area contributed by atoms with Gasteiger partial charge in [-0.3, -0.25) is 4.79 Å². The van der Waals surface area contributed by atoms with E-state index < -0.39 is 5.97 Å². The predicted octanol–water partition coefficient (Wildman–Crippen LogP) is 0.00439. The van der Waals surface area contributed by atoms with Gasteiger partial charge in [-0.2, -0.15) is 6.07 Å². The maximum absolute atomic E-state index is 10.8. The summed E-state index contributed by atoms with van der Waals surface area (Å²) in [5, 5.41) is 3.68. The maximum Gasteiger partial charge on any atom is 0.271 e. The van der Waals surface area contributed by atoms with Crippen molar-refractivity contribution in [2.45, 2.75) is 0 Å². The molecule has 0 bridgehead atoms. The number of hydrogen-bond acceptors (Lipinski definition) is 3. The third-order valence-corrected chi connectivity index (χ3v) is 1.15. The van der Waals surface area contributed by atoms with Crippen LogP contribution in [0.3, 0.4) is 0 Å². The molecule has 0 amide bonds. The van der Waals surface area contributed by atoms with Crippen molar-refractivity contribution < 1.29 is 26.6 Å². The van der Waals surface area contributed by atoms with Crippen molar-refractivity contribution in [3.05, 3.63) is 18.0 Å². The van der Waals surface area contributed by atoms with E-state index in [0.717, 1.165) is 0 Å². The fourth-order valence-corrected chi connectivity index (χ4v) is 0.620. The minimum atomic E-state index is -0.392. The van der Waals surface area contributed by atoms with Gasteiger partial charge in [0.25, 0.3) is 5.97 Å². The van der Waals surface area contributed by atoms with Crippen LogP contribution in [0.5, 0.6) is 0 Å². The molecule has 1 rings (SSSR count). The number of methoxy groups -OCH3 is 1. The molecular weight excluding hydrogens is 187 g/mol. The smallest absolute Gasteiger partial charge is 0.271 e. The Kier molecular flexibility index (Phi) is 3.85. The Morgan fingerprint density at radius 1 is 1.82 bits per heavy atom. The molecule has 0 fully saturated rings. The molecule has 0 aliphatic rings. The molecule has 0 aliphatic carbocycles. The topological polar surface area (TPSA) is 44.1 Å². The van der Waals surface area contributed by atoms with Crippen molar-refractivity contribution in [3.63, 3.8) is 0 Å². The standard InChI is InChI=1S/C6H7N2O2.Mn/c1-8-5(3-4-7-8)6(9)10-2;/h3H,1-2H3;/q-1;. The second-order valence-electron chi connectivity index (χ2n) is 1.77. The Labute approximate surface area is 75.0 Å². The van der Waals surface area contributed by atoms with Crippen LogP contribution in [0.2, 0.25) is 0 Å². The van der Waals surface area contributed by atoms with Crippen molar-refractivity contribution in [1.29, 1.82) is 0 Å². The second-order valence-corrected chi connectivity index (χ2v) is 1.77. The average Bonchev–Trinajstić information content (AvgIpc) is 2.34. The first kappa shape index (κ1) is 10.2. The first-order valence-electron chi connectivity index (χ1n) is 2.74. The molecule has 0 saturated carbocycles. The van der Waals surface area contributed by atoms with E-state index in [1.54, 1.807) is 7.05 Å². The van der Waals surface area contributed by atoms with Crippen molar-refractivity contribution in [1.82, 2.24) is 9.78 Å². The fourth-order valence-electron chi connectivity index (χ4n) is 0.620. The van der Waals surface area contributed by atoms with Crippen LogP contribution in [0.4, 0.5) is 0 Å². The van der Waals surface area contributed by atoms with E-state index in [1.807, 2.05) is 0 Å². The van der Waals surface area contributed by atoms with Crippen LogP contribution >= 0.6 is 0 Å². The molecule has 1 aromatic rings. The minimum absolute atomic E-state index is 0. The van der Waals surface area contributed by atoms with Gasteiger partial charge in [0.1, 0.15) is 0 Å². The van der Waals surface area contributed by atoms with Crippen LogP contribution in [0.15, 0.2) is 6.07 Å². The molecule has 61 valence electrons. The molecule has 1 heterocycles. The molecule has 0 unspecified atom stereocenters. The largest absolute Gasteiger partial charge is 0.478 e.